The Morgan fingerprint density at radius 3 is 2.50 bits per heavy atom. The standard InChI is InChI=1S/C24H24FN3O2/c25-21-3-1-2-20(12-21)16-28-17-24(14-23(28)30)8-10-27(11-9-24)22(29)13-18-4-6-19(15-26)7-5-18/h1-7,12H,8-11,13-14,16-17H2. The van der Waals surface area contributed by atoms with Gasteiger partial charge in [0.25, 0.3) is 0 Å². The van der Waals surface area contributed by atoms with E-state index in [-0.39, 0.29) is 23.0 Å². The number of rotatable bonds is 4. The molecule has 2 saturated heterocycles. The lowest BCUT2D eigenvalue weighted by atomic mass is 9.77. The molecule has 0 unspecified atom stereocenters. The molecule has 2 aromatic rings. The summed E-state index contributed by atoms with van der Waals surface area (Å²) in [6, 6.07) is 15.6. The Balaban J connectivity index is 1.32. The zero-order valence-corrected chi connectivity index (χ0v) is 16.8. The summed E-state index contributed by atoms with van der Waals surface area (Å²) in [5.74, 6) is -0.102. The van der Waals surface area contributed by atoms with Crippen LogP contribution >= 0.6 is 0 Å². The van der Waals surface area contributed by atoms with Gasteiger partial charge in [-0.25, -0.2) is 4.39 Å². The predicted molar refractivity (Wildman–Crippen MR) is 110 cm³/mol. The number of hydrogen-bond acceptors (Lipinski definition) is 3. The van der Waals surface area contributed by atoms with Crippen molar-refractivity contribution in [3.8, 4) is 6.07 Å². The van der Waals surface area contributed by atoms with Crippen molar-refractivity contribution in [1.29, 1.82) is 5.26 Å². The van der Waals surface area contributed by atoms with Crippen LogP contribution in [0.2, 0.25) is 0 Å². The molecule has 0 saturated carbocycles. The van der Waals surface area contributed by atoms with E-state index in [9.17, 15) is 14.0 Å². The van der Waals surface area contributed by atoms with Crippen LogP contribution < -0.4 is 0 Å². The number of amides is 2. The molecule has 2 heterocycles. The van der Waals surface area contributed by atoms with Crippen molar-refractivity contribution in [2.75, 3.05) is 19.6 Å². The molecular formula is C24H24FN3O2. The number of carbonyl (C=O) groups excluding carboxylic acids is 2. The van der Waals surface area contributed by atoms with Gasteiger partial charge in [-0.1, -0.05) is 24.3 Å². The van der Waals surface area contributed by atoms with Gasteiger partial charge in [-0.05, 0) is 48.2 Å². The molecule has 0 atom stereocenters. The number of benzene rings is 2. The van der Waals surface area contributed by atoms with Gasteiger partial charge in [-0.2, -0.15) is 5.26 Å². The van der Waals surface area contributed by atoms with Crippen LogP contribution in [-0.2, 0) is 22.6 Å². The second-order valence-corrected chi connectivity index (χ2v) is 8.42. The quantitative estimate of drug-likeness (QED) is 0.784. The summed E-state index contributed by atoms with van der Waals surface area (Å²) in [7, 11) is 0. The molecule has 2 aliphatic rings. The lowest BCUT2D eigenvalue weighted by Crippen LogP contribution is -2.44. The average Bonchev–Trinajstić information content (AvgIpc) is 3.03. The third-order valence-electron chi connectivity index (χ3n) is 6.28. The van der Waals surface area contributed by atoms with Crippen molar-refractivity contribution in [3.05, 3.63) is 71.0 Å². The molecular weight excluding hydrogens is 381 g/mol. The molecule has 0 bridgehead atoms. The van der Waals surface area contributed by atoms with Gasteiger partial charge in [0.05, 0.1) is 18.1 Å². The summed E-state index contributed by atoms with van der Waals surface area (Å²) < 4.78 is 13.4. The number of nitriles is 1. The molecule has 0 aliphatic carbocycles. The lowest BCUT2D eigenvalue weighted by molar-refractivity contribution is -0.132. The van der Waals surface area contributed by atoms with Crippen molar-refractivity contribution in [2.45, 2.75) is 32.2 Å². The van der Waals surface area contributed by atoms with Crippen LogP contribution in [0.25, 0.3) is 0 Å². The van der Waals surface area contributed by atoms with E-state index < -0.39 is 0 Å². The molecule has 2 fully saturated rings. The molecule has 0 aromatic heterocycles. The van der Waals surface area contributed by atoms with Gasteiger partial charge in [0.1, 0.15) is 5.82 Å². The van der Waals surface area contributed by atoms with Gasteiger partial charge in [-0.3, -0.25) is 9.59 Å². The second-order valence-electron chi connectivity index (χ2n) is 8.42. The smallest absolute Gasteiger partial charge is 0.226 e. The molecule has 154 valence electrons. The largest absolute Gasteiger partial charge is 0.342 e. The van der Waals surface area contributed by atoms with Crippen LogP contribution in [0.3, 0.4) is 0 Å². The first-order chi connectivity index (χ1) is 14.5. The Morgan fingerprint density at radius 2 is 1.83 bits per heavy atom. The average molecular weight is 405 g/mol. The molecule has 5 nitrogen and oxygen atoms in total. The summed E-state index contributed by atoms with van der Waals surface area (Å²) in [5, 5.41) is 8.88. The predicted octanol–water partition coefficient (Wildman–Crippen LogP) is 3.28. The van der Waals surface area contributed by atoms with E-state index in [2.05, 4.69) is 6.07 Å². The minimum atomic E-state index is -0.289. The molecule has 0 N–H and O–H groups in total. The van der Waals surface area contributed by atoms with E-state index in [1.54, 1.807) is 18.2 Å². The van der Waals surface area contributed by atoms with Crippen LogP contribution in [0.15, 0.2) is 48.5 Å². The summed E-state index contributed by atoms with van der Waals surface area (Å²) in [6.45, 7) is 2.39. The summed E-state index contributed by atoms with van der Waals surface area (Å²) in [4.78, 5) is 29.0. The zero-order valence-electron chi connectivity index (χ0n) is 16.8. The van der Waals surface area contributed by atoms with Crippen LogP contribution in [0.1, 0.15) is 36.0 Å². The maximum absolute atomic E-state index is 13.4. The molecule has 4 rings (SSSR count). The first kappa shape index (κ1) is 20.1. The topological polar surface area (TPSA) is 64.4 Å². The highest BCUT2D eigenvalue weighted by Crippen LogP contribution is 2.41. The second kappa shape index (κ2) is 8.27. The van der Waals surface area contributed by atoms with E-state index in [1.165, 1.54) is 12.1 Å². The number of carbonyl (C=O) groups is 2. The van der Waals surface area contributed by atoms with Gasteiger partial charge in [0, 0.05) is 38.0 Å². The van der Waals surface area contributed by atoms with E-state index >= 15 is 0 Å². The Morgan fingerprint density at radius 1 is 1.10 bits per heavy atom. The van der Waals surface area contributed by atoms with Crippen molar-refractivity contribution >= 4 is 11.8 Å². The van der Waals surface area contributed by atoms with Crippen molar-refractivity contribution in [1.82, 2.24) is 9.80 Å². The molecule has 2 aromatic carbocycles. The monoisotopic (exact) mass is 405 g/mol. The highest BCUT2D eigenvalue weighted by Gasteiger charge is 2.45. The van der Waals surface area contributed by atoms with Gasteiger partial charge >= 0.3 is 0 Å². The fourth-order valence-corrected chi connectivity index (χ4v) is 4.53. The van der Waals surface area contributed by atoms with Gasteiger partial charge in [0.2, 0.25) is 11.8 Å². The Kier molecular flexibility index (Phi) is 5.54. The summed E-state index contributed by atoms with van der Waals surface area (Å²) >= 11 is 0. The fourth-order valence-electron chi connectivity index (χ4n) is 4.53. The van der Waals surface area contributed by atoms with Crippen LogP contribution in [-0.4, -0.2) is 41.2 Å². The van der Waals surface area contributed by atoms with Gasteiger partial charge in [-0.15, -0.1) is 0 Å². The molecule has 2 amide bonds. The van der Waals surface area contributed by atoms with Gasteiger partial charge < -0.3 is 9.80 Å². The number of piperidine rings is 1. The highest BCUT2D eigenvalue weighted by molar-refractivity contribution is 5.80. The van der Waals surface area contributed by atoms with Gasteiger partial charge in [0.15, 0.2) is 0 Å². The van der Waals surface area contributed by atoms with E-state index in [1.807, 2.05) is 28.0 Å². The van der Waals surface area contributed by atoms with Crippen LogP contribution in [0.4, 0.5) is 4.39 Å². The highest BCUT2D eigenvalue weighted by atomic mass is 19.1. The maximum atomic E-state index is 13.4. The third-order valence-corrected chi connectivity index (χ3v) is 6.28. The summed E-state index contributed by atoms with van der Waals surface area (Å²) in [6.07, 6.45) is 2.43. The maximum Gasteiger partial charge on any atom is 0.226 e. The van der Waals surface area contributed by atoms with Crippen molar-refractivity contribution < 1.29 is 14.0 Å². The third kappa shape index (κ3) is 4.35. The van der Waals surface area contributed by atoms with Crippen LogP contribution in [0.5, 0.6) is 0 Å². The zero-order chi connectivity index (χ0) is 21.1. The number of likely N-dealkylation sites (tertiary alicyclic amines) is 2. The first-order valence-electron chi connectivity index (χ1n) is 10.3. The first-order valence-corrected chi connectivity index (χ1v) is 10.3. The minimum absolute atomic E-state index is 0.0792. The van der Waals surface area contributed by atoms with Crippen molar-refractivity contribution in [2.24, 2.45) is 5.41 Å². The molecule has 0 radical (unpaired) electrons. The van der Waals surface area contributed by atoms with E-state index in [0.29, 0.717) is 44.6 Å². The lowest BCUT2D eigenvalue weighted by Gasteiger charge is -2.39. The number of nitrogens with zero attached hydrogens (tertiary/aromatic N) is 3. The van der Waals surface area contributed by atoms with E-state index in [0.717, 1.165) is 24.0 Å². The van der Waals surface area contributed by atoms with Crippen LogP contribution in [0, 0.1) is 22.6 Å². The molecule has 6 heteroatoms. The molecule has 1 spiro atoms. The summed E-state index contributed by atoms with van der Waals surface area (Å²) in [5.41, 5.74) is 2.20. The number of hydrogen-bond donors (Lipinski definition) is 0. The minimum Gasteiger partial charge on any atom is -0.342 e. The fraction of sp³-hybridized carbons (Fsp3) is 0.375. The number of halogens is 1. The Hall–Kier alpha value is -3.20. The molecule has 30 heavy (non-hydrogen) atoms. The Bertz CT molecular complexity index is 988. The van der Waals surface area contributed by atoms with Crippen molar-refractivity contribution in [3.63, 3.8) is 0 Å². The Labute approximate surface area is 175 Å². The SMILES string of the molecule is N#Cc1ccc(CC(=O)N2CCC3(CC2)CC(=O)N(Cc2cccc(F)c2)C3)cc1. The molecule has 2 aliphatic heterocycles. The van der Waals surface area contributed by atoms with E-state index in [4.69, 9.17) is 5.26 Å². The normalized spacial score (nSPS) is 17.9.